The fraction of sp³-hybridized carbons (Fsp3) is 0. The summed E-state index contributed by atoms with van der Waals surface area (Å²) < 4.78 is 0. The fourth-order valence-corrected chi connectivity index (χ4v) is 0. The molecule has 0 amide bonds. The van der Waals surface area contributed by atoms with Crippen LogP contribution >= 0.6 is 0 Å². The van der Waals surface area contributed by atoms with Gasteiger partial charge in [-0.3, -0.25) is 0 Å². The molecular formula is C6H10Cl2Pd2. The molecule has 0 nitrogen and oxygen atoms in total. The maximum atomic E-state index is 3.25. The smallest absolute Gasteiger partial charge is 1.00 e. The quantitative estimate of drug-likeness (QED) is 0.303. The van der Waals surface area contributed by atoms with E-state index in [9.17, 15) is 0 Å². The van der Waals surface area contributed by atoms with E-state index in [0.29, 0.717) is 0 Å². The molecular weight excluding hydrogens is 356 g/mol. The van der Waals surface area contributed by atoms with Gasteiger partial charge in [0.25, 0.3) is 0 Å². The number of hydrogen-bond acceptors (Lipinski definition) is 0. The second-order valence-corrected chi connectivity index (χ2v) is 0.577. The molecule has 10 heavy (non-hydrogen) atoms. The third-order valence-electron chi connectivity index (χ3n) is 0. The van der Waals surface area contributed by atoms with E-state index in [1.807, 2.05) is 0 Å². The number of allylic oxidation sites excluding steroid dienone is 2. The Kier molecular flexibility index (Phi) is 375. The van der Waals surface area contributed by atoms with Crippen LogP contribution < -0.4 is 24.8 Å². The Labute approximate surface area is 104 Å². The molecule has 0 unspecified atom stereocenters. The van der Waals surface area contributed by atoms with Crippen molar-refractivity contribution >= 4 is 0 Å². The van der Waals surface area contributed by atoms with Gasteiger partial charge in [0.15, 0.2) is 0 Å². The normalized spacial score (nSPS) is 2.40. The van der Waals surface area contributed by atoms with E-state index >= 15 is 0 Å². The summed E-state index contributed by atoms with van der Waals surface area (Å²) in [6.07, 6.45) is 3.00. The molecule has 0 rings (SSSR count). The van der Waals surface area contributed by atoms with Gasteiger partial charge >= 0.3 is 40.8 Å². The van der Waals surface area contributed by atoms with E-state index in [1.54, 1.807) is 0 Å². The molecule has 0 bridgehead atoms. The van der Waals surface area contributed by atoms with Gasteiger partial charge in [-0.2, -0.15) is 0 Å². The van der Waals surface area contributed by atoms with Gasteiger partial charge in [-0.15, -0.1) is 0 Å². The summed E-state index contributed by atoms with van der Waals surface area (Å²) in [7, 11) is 0. The maximum absolute atomic E-state index is 3.25. The third-order valence-corrected chi connectivity index (χ3v) is 0. The summed E-state index contributed by atoms with van der Waals surface area (Å²) in [5, 5.41) is 0. The Balaban J connectivity index is -0.00000000571. The minimum Gasteiger partial charge on any atom is -1.00 e. The van der Waals surface area contributed by atoms with E-state index in [1.165, 1.54) is 12.2 Å². The molecule has 0 atom stereocenters. The van der Waals surface area contributed by atoms with Gasteiger partial charge in [-0.25, -0.2) is 39.2 Å². The van der Waals surface area contributed by atoms with Crippen LogP contribution in [-0.2, 0) is 40.8 Å². The van der Waals surface area contributed by atoms with Crippen molar-refractivity contribution in [1.29, 1.82) is 0 Å². The Bertz CT molecular complexity index is 34.7. The van der Waals surface area contributed by atoms with Crippen molar-refractivity contribution in [1.82, 2.24) is 0 Å². The molecule has 0 radical (unpaired) electrons. The van der Waals surface area contributed by atoms with Crippen molar-refractivity contribution in [3.63, 3.8) is 0 Å². The zero-order valence-electron chi connectivity index (χ0n) is 5.37. The van der Waals surface area contributed by atoms with Crippen LogP contribution in [0.3, 0.4) is 0 Å². The summed E-state index contributed by atoms with van der Waals surface area (Å²) in [5.41, 5.74) is 0. The molecule has 0 aromatic carbocycles. The van der Waals surface area contributed by atoms with Gasteiger partial charge in [0.1, 0.15) is 0 Å². The van der Waals surface area contributed by atoms with Crippen LogP contribution in [-0.4, -0.2) is 0 Å². The van der Waals surface area contributed by atoms with Crippen molar-refractivity contribution in [3.8, 4) is 0 Å². The average molecular weight is 366 g/mol. The Morgan fingerprint density at radius 1 is 0.800 bits per heavy atom. The van der Waals surface area contributed by atoms with Crippen LogP contribution in [0.15, 0.2) is 25.3 Å². The molecule has 0 N–H and O–H groups in total. The molecule has 0 spiro atoms. The van der Waals surface area contributed by atoms with Crippen LogP contribution in [0.4, 0.5) is 0 Å². The van der Waals surface area contributed by atoms with Gasteiger partial charge in [0.05, 0.1) is 0 Å². The predicted molar refractivity (Wildman–Crippen MR) is 31.1 cm³/mol. The van der Waals surface area contributed by atoms with Crippen LogP contribution in [0, 0.1) is 13.8 Å². The number of hydrogen-bond donors (Lipinski definition) is 0. The second-order valence-electron chi connectivity index (χ2n) is 0.577. The molecule has 0 aliphatic carbocycles. The minimum atomic E-state index is 0. The monoisotopic (exact) mass is 364 g/mol. The van der Waals surface area contributed by atoms with Crippen LogP contribution in [0.1, 0.15) is 0 Å². The molecule has 0 aromatic rings. The molecule has 0 heterocycles. The Morgan fingerprint density at radius 3 is 0.800 bits per heavy atom. The van der Waals surface area contributed by atoms with Gasteiger partial charge in [0, 0.05) is 0 Å². The van der Waals surface area contributed by atoms with Crippen molar-refractivity contribution in [2.24, 2.45) is 0 Å². The van der Waals surface area contributed by atoms with Gasteiger partial charge in [-0.1, -0.05) is 0 Å². The molecule has 0 fully saturated rings. The van der Waals surface area contributed by atoms with Crippen LogP contribution in [0.25, 0.3) is 0 Å². The van der Waals surface area contributed by atoms with Crippen molar-refractivity contribution in [3.05, 3.63) is 39.2 Å². The van der Waals surface area contributed by atoms with E-state index in [4.69, 9.17) is 0 Å². The summed E-state index contributed by atoms with van der Waals surface area (Å²) >= 11 is 0. The third kappa shape index (κ3) is 476. The van der Waals surface area contributed by atoms with Gasteiger partial charge in [0.2, 0.25) is 0 Å². The van der Waals surface area contributed by atoms with E-state index in [2.05, 4.69) is 27.0 Å². The van der Waals surface area contributed by atoms with Gasteiger partial charge < -0.3 is 24.8 Å². The SMILES string of the molecule is C=C[CH2-].C=C[CH2-].[Cl-].[Cl-].[Pd+2].[Pd+2]. The number of halogens is 2. The first kappa shape index (κ1) is 43.4. The van der Waals surface area contributed by atoms with Crippen LogP contribution in [0.5, 0.6) is 0 Å². The summed E-state index contributed by atoms with van der Waals surface area (Å²) in [6.45, 7) is 13.0. The van der Waals surface area contributed by atoms with E-state index in [0.717, 1.165) is 0 Å². The Hall–Kier alpha value is 1.12. The number of rotatable bonds is 0. The zero-order valence-corrected chi connectivity index (χ0v) is 9.99. The van der Waals surface area contributed by atoms with Crippen LogP contribution in [0.2, 0.25) is 0 Å². The first-order valence-electron chi connectivity index (χ1n) is 1.63. The molecule has 0 aliphatic heterocycles. The molecule has 0 saturated heterocycles. The van der Waals surface area contributed by atoms with E-state index in [-0.39, 0.29) is 65.7 Å². The standard InChI is InChI=1S/2C3H5.2ClH.2Pd/c2*1-3-2;;;;/h2*3H,1-2H2;2*1H;;/q2*-1;;;2*+2/p-2. The molecule has 68 valence electrons. The maximum Gasteiger partial charge on any atom is 2.00 e. The molecule has 0 saturated carbocycles. The largest absolute Gasteiger partial charge is 2.00 e. The minimum absolute atomic E-state index is 0. The second kappa shape index (κ2) is 86.3. The first-order valence-corrected chi connectivity index (χ1v) is 1.63. The predicted octanol–water partition coefficient (Wildman–Crippen LogP) is -3.98. The van der Waals surface area contributed by atoms with Gasteiger partial charge in [-0.05, 0) is 0 Å². The van der Waals surface area contributed by atoms with Crippen molar-refractivity contribution in [2.75, 3.05) is 0 Å². The molecule has 0 aromatic heterocycles. The Morgan fingerprint density at radius 2 is 0.800 bits per heavy atom. The summed E-state index contributed by atoms with van der Waals surface area (Å²) in [4.78, 5) is 0. The topological polar surface area (TPSA) is 0 Å². The van der Waals surface area contributed by atoms with Crippen molar-refractivity contribution < 1.29 is 65.7 Å². The average Bonchev–Trinajstić information content (AvgIpc) is 1.39. The zero-order chi connectivity index (χ0) is 5.41. The molecule has 0 aliphatic rings. The summed E-state index contributed by atoms with van der Waals surface area (Å²) in [6, 6.07) is 0. The first-order chi connectivity index (χ1) is 2.83. The molecule has 4 heteroatoms. The fourth-order valence-electron chi connectivity index (χ4n) is 0. The summed E-state index contributed by atoms with van der Waals surface area (Å²) in [5.74, 6) is 0. The van der Waals surface area contributed by atoms with E-state index < -0.39 is 0 Å². The van der Waals surface area contributed by atoms with Crippen molar-refractivity contribution in [2.45, 2.75) is 0 Å².